The lowest BCUT2D eigenvalue weighted by Crippen LogP contribution is -1.94. The van der Waals surface area contributed by atoms with E-state index < -0.39 is 16.6 Å². The Hall–Kier alpha value is -2.57. The van der Waals surface area contributed by atoms with Crippen molar-refractivity contribution in [2.45, 2.75) is 0 Å². The largest absolute Gasteiger partial charge is 0.436 e. The van der Waals surface area contributed by atoms with Crippen LogP contribution in [-0.2, 0) is 0 Å². The number of hydrogen-bond acceptors (Lipinski definition) is 4. The van der Waals surface area contributed by atoms with Crippen LogP contribution in [0, 0.1) is 21.7 Å². The molecule has 2 rings (SSSR count). The van der Waals surface area contributed by atoms with Crippen LogP contribution < -0.4 is 4.74 Å². The smallest absolute Gasteiger partial charge is 0.287 e. The first-order valence-electron chi connectivity index (χ1n) is 4.80. The van der Waals surface area contributed by atoms with E-state index >= 15 is 0 Å². The standard InChI is InChI=1S/C11H6F2N2O3/c12-8-2-1-3-9(11(8)13)18-10-5-4-7(6-14-10)15(16)17/h1-6H. The molecule has 0 saturated carbocycles. The molecule has 0 aliphatic carbocycles. The zero-order valence-corrected chi connectivity index (χ0v) is 8.84. The molecule has 0 unspecified atom stereocenters. The summed E-state index contributed by atoms with van der Waals surface area (Å²) in [5.74, 6) is -2.59. The molecule has 0 amide bonds. The molecule has 0 fully saturated rings. The fraction of sp³-hybridized carbons (Fsp3) is 0. The minimum atomic E-state index is -1.14. The Morgan fingerprint density at radius 1 is 1.22 bits per heavy atom. The SMILES string of the molecule is O=[N+]([O-])c1ccc(Oc2cccc(F)c2F)nc1. The quantitative estimate of drug-likeness (QED) is 0.622. The normalized spacial score (nSPS) is 10.1. The second-order valence-electron chi connectivity index (χ2n) is 3.27. The van der Waals surface area contributed by atoms with Gasteiger partial charge in [0.1, 0.15) is 6.20 Å². The number of halogens is 2. The summed E-state index contributed by atoms with van der Waals surface area (Å²) >= 11 is 0. The molecule has 0 spiro atoms. The molecule has 2 aromatic rings. The van der Waals surface area contributed by atoms with Crippen LogP contribution in [-0.4, -0.2) is 9.91 Å². The number of benzene rings is 1. The van der Waals surface area contributed by atoms with Crippen molar-refractivity contribution < 1.29 is 18.4 Å². The monoisotopic (exact) mass is 252 g/mol. The maximum Gasteiger partial charge on any atom is 0.287 e. The van der Waals surface area contributed by atoms with E-state index in [9.17, 15) is 18.9 Å². The molecule has 1 aromatic heterocycles. The highest BCUT2D eigenvalue weighted by atomic mass is 19.2. The van der Waals surface area contributed by atoms with E-state index in [0.29, 0.717) is 0 Å². The Morgan fingerprint density at radius 2 is 2.00 bits per heavy atom. The highest BCUT2D eigenvalue weighted by Crippen LogP contribution is 2.25. The van der Waals surface area contributed by atoms with Gasteiger partial charge in [0.15, 0.2) is 11.6 Å². The first-order valence-corrected chi connectivity index (χ1v) is 4.80. The van der Waals surface area contributed by atoms with Gasteiger partial charge in [-0.15, -0.1) is 0 Å². The van der Waals surface area contributed by atoms with Crippen molar-refractivity contribution in [2.75, 3.05) is 0 Å². The minimum absolute atomic E-state index is 0.0647. The molecule has 0 saturated heterocycles. The van der Waals surface area contributed by atoms with Gasteiger partial charge in [0.05, 0.1) is 4.92 Å². The van der Waals surface area contributed by atoms with E-state index in [1.165, 1.54) is 18.2 Å². The molecule has 7 heteroatoms. The van der Waals surface area contributed by atoms with Crippen molar-refractivity contribution >= 4 is 5.69 Å². The molecule has 0 bridgehead atoms. The van der Waals surface area contributed by atoms with Gasteiger partial charge in [-0.1, -0.05) is 6.07 Å². The highest BCUT2D eigenvalue weighted by molar-refractivity contribution is 5.33. The van der Waals surface area contributed by atoms with Crippen LogP contribution in [0.2, 0.25) is 0 Å². The van der Waals surface area contributed by atoms with Gasteiger partial charge < -0.3 is 4.74 Å². The first kappa shape index (κ1) is 11.9. The van der Waals surface area contributed by atoms with Crippen molar-refractivity contribution in [3.05, 3.63) is 58.3 Å². The third kappa shape index (κ3) is 2.40. The van der Waals surface area contributed by atoms with Crippen LogP contribution in [0.4, 0.5) is 14.5 Å². The van der Waals surface area contributed by atoms with Crippen LogP contribution in [0.15, 0.2) is 36.5 Å². The predicted molar refractivity (Wildman–Crippen MR) is 57.3 cm³/mol. The number of rotatable bonds is 3. The highest BCUT2D eigenvalue weighted by Gasteiger charge is 2.11. The minimum Gasteiger partial charge on any atom is -0.436 e. The maximum absolute atomic E-state index is 13.3. The maximum atomic E-state index is 13.3. The molecule has 1 aromatic carbocycles. The van der Waals surface area contributed by atoms with Crippen molar-refractivity contribution in [3.63, 3.8) is 0 Å². The van der Waals surface area contributed by atoms with E-state index in [2.05, 4.69) is 4.98 Å². The Balaban J connectivity index is 2.24. The van der Waals surface area contributed by atoms with Gasteiger partial charge in [0.25, 0.3) is 5.69 Å². The summed E-state index contributed by atoms with van der Waals surface area (Å²) in [5.41, 5.74) is -0.220. The van der Waals surface area contributed by atoms with Crippen LogP contribution in [0.1, 0.15) is 0 Å². The van der Waals surface area contributed by atoms with Crippen LogP contribution >= 0.6 is 0 Å². The Bertz CT molecular complexity index is 587. The van der Waals surface area contributed by atoms with Gasteiger partial charge in [-0.3, -0.25) is 10.1 Å². The molecule has 0 N–H and O–H groups in total. The van der Waals surface area contributed by atoms with Gasteiger partial charge in [-0.25, -0.2) is 9.37 Å². The number of pyridine rings is 1. The number of nitro groups is 1. The zero-order chi connectivity index (χ0) is 13.1. The van der Waals surface area contributed by atoms with E-state index in [-0.39, 0.29) is 17.3 Å². The van der Waals surface area contributed by atoms with E-state index in [4.69, 9.17) is 4.74 Å². The van der Waals surface area contributed by atoms with Gasteiger partial charge >= 0.3 is 0 Å². The van der Waals surface area contributed by atoms with Gasteiger partial charge in [0.2, 0.25) is 11.7 Å². The van der Waals surface area contributed by atoms with Crippen molar-refractivity contribution in [2.24, 2.45) is 0 Å². The summed E-state index contributed by atoms with van der Waals surface area (Å²) < 4.78 is 31.1. The Labute approximate surface area is 99.8 Å². The lowest BCUT2D eigenvalue weighted by molar-refractivity contribution is -0.385. The summed E-state index contributed by atoms with van der Waals surface area (Å²) in [6, 6.07) is 5.80. The lowest BCUT2D eigenvalue weighted by Gasteiger charge is -2.05. The average Bonchev–Trinajstić information content (AvgIpc) is 2.36. The van der Waals surface area contributed by atoms with Crippen LogP contribution in [0.5, 0.6) is 11.6 Å². The molecular weight excluding hydrogens is 246 g/mol. The summed E-state index contributed by atoms with van der Waals surface area (Å²) in [4.78, 5) is 13.4. The van der Waals surface area contributed by atoms with E-state index in [0.717, 1.165) is 18.3 Å². The molecular formula is C11H6F2N2O3. The molecule has 92 valence electrons. The summed E-state index contributed by atoms with van der Waals surface area (Å²) in [6.45, 7) is 0. The van der Waals surface area contributed by atoms with E-state index in [1.54, 1.807) is 0 Å². The number of aromatic nitrogens is 1. The second kappa shape index (κ2) is 4.74. The fourth-order valence-corrected chi connectivity index (χ4v) is 1.22. The second-order valence-corrected chi connectivity index (χ2v) is 3.27. The van der Waals surface area contributed by atoms with Gasteiger partial charge in [-0.05, 0) is 12.1 Å². The Morgan fingerprint density at radius 3 is 2.61 bits per heavy atom. The first-order chi connectivity index (χ1) is 8.58. The molecule has 0 aliphatic rings. The molecule has 5 nitrogen and oxygen atoms in total. The summed E-state index contributed by atoms with van der Waals surface area (Å²) in [5, 5.41) is 10.4. The van der Waals surface area contributed by atoms with Crippen LogP contribution in [0.25, 0.3) is 0 Å². The van der Waals surface area contributed by atoms with Crippen molar-refractivity contribution in [1.29, 1.82) is 0 Å². The molecule has 18 heavy (non-hydrogen) atoms. The molecule has 0 atom stereocenters. The summed E-state index contributed by atoms with van der Waals surface area (Å²) in [7, 11) is 0. The average molecular weight is 252 g/mol. The third-order valence-electron chi connectivity index (χ3n) is 2.06. The Kier molecular flexibility index (Phi) is 3.13. The topological polar surface area (TPSA) is 65.3 Å². The number of nitrogens with zero attached hydrogens (tertiary/aromatic N) is 2. The van der Waals surface area contributed by atoms with Crippen molar-refractivity contribution in [1.82, 2.24) is 4.98 Å². The van der Waals surface area contributed by atoms with Gasteiger partial charge in [0, 0.05) is 12.1 Å². The summed E-state index contributed by atoms with van der Waals surface area (Å²) in [6.07, 6.45) is 0.965. The molecule has 1 heterocycles. The predicted octanol–water partition coefficient (Wildman–Crippen LogP) is 3.06. The number of hydrogen-bond donors (Lipinski definition) is 0. The van der Waals surface area contributed by atoms with E-state index in [1.807, 2.05) is 0 Å². The van der Waals surface area contributed by atoms with Crippen molar-refractivity contribution in [3.8, 4) is 11.6 Å². The zero-order valence-electron chi connectivity index (χ0n) is 8.84. The number of ether oxygens (including phenoxy) is 1. The fourth-order valence-electron chi connectivity index (χ4n) is 1.22. The van der Waals surface area contributed by atoms with Crippen LogP contribution in [0.3, 0.4) is 0 Å². The molecule has 0 radical (unpaired) electrons. The van der Waals surface area contributed by atoms with Gasteiger partial charge in [-0.2, -0.15) is 4.39 Å². The molecule has 0 aliphatic heterocycles. The third-order valence-corrected chi connectivity index (χ3v) is 2.06. The lowest BCUT2D eigenvalue weighted by atomic mass is 10.3.